The fraction of sp³-hybridized carbons (Fsp3) is 0.750. The van der Waals surface area contributed by atoms with Crippen molar-refractivity contribution in [1.29, 1.82) is 0 Å². The summed E-state index contributed by atoms with van der Waals surface area (Å²) in [6.07, 6.45) is 10.1. The summed E-state index contributed by atoms with van der Waals surface area (Å²) in [6, 6.07) is 2.13. The Morgan fingerprint density at radius 2 is 1.95 bits per heavy atom. The van der Waals surface area contributed by atoms with E-state index in [9.17, 15) is 0 Å². The van der Waals surface area contributed by atoms with Gasteiger partial charge in [0.05, 0.1) is 0 Å². The summed E-state index contributed by atoms with van der Waals surface area (Å²) in [5.41, 5.74) is 0. The zero-order valence-electron chi connectivity index (χ0n) is 12.8. The molecule has 2 rings (SSSR count). The van der Waals surface area contributed by atoms with Crippen molar-refractivity contribution in [2.75, 3.05) is 11.9 Å². The maximum atomic E-state index is 4.74. The summed E-state index contributed by atoms with van der Waals surface area (Å²) in [5.74, 6) is 2.00. The predicted molar refractivity (Wildman–Crippen MR) is 87.5 cm³/mol. The van der Waals surface area contributed by atoms with Crippen molar-refractivity contribution in [2.45, 2.75) is 75.5 Å². The first-order valence-corrected chi connectivity index (χ1v) is 8.98. The maximum absolute atomic E-state index is 4.74. The van der Waals surface area contributed by atoms with Crippen LogP contribution >= 0.6 is 11.8 Å². The van der Waals surface area contributed by atoms with E-state index in [-0.39, 0.29) is 0 Å². The number of anilines is 1. The summed E-state index contributed by atoms with van der Waals surface area (Å²) in [7, 11) is 0. The number of rotatable bonds is 7. The predicted octanol–water partition coefficient (Wildman–Crippen LogP) is 4.68. The summed E-state index contributed by atoms with van der Waals surface area (Å²) in [4.78, 5) is 9.36. The van der Waals surface area contributed by atoms with E-state index < -0.39 is 0 Å². The number of aromatic nitrogens is 2. The number of hydrogen-bond donors (Lipinski definition) is 1. The van der Waals surface area contributed by atoms with Crippen LogP contribution in [0.25, 0.3) is 0 Å². The van der Waals surface area contributed by atoms with Gasteiger partial charge in [0.15, 0.2) is 0 Å². The van der Waals surface area contributed by atoms with Crippen molar-refractivity contribution >= 4 is 17.6 Å². The molecule has 1 fully saturated rings. The molecule has 0 aromatic carbocycles. The molecule has 20 heavy (non-hydrogen) atoms. The number of nitrogens with zero attached hydrogens (tertiary/aromatic N) is 2. The molecular weight excluding hydrogens is 266 g/mol. The molecule has 1 heterocycles. The van der Waals surface area contributed by atoms with Crippen LogP contribution < -0.4 is 5.32 Å². The van der Waals surface area contributed by atoms with Gasteiger partial charge in [-0.15, -0.1) is 11.8 Å². The first kappa shape index (κ1) is 15.6. The topological polar surface area (TPSA) is 37.8 Å². The van der Waals surface area contributed by atoms with Crippen molar-refractivity contribution in [3.63, 3.8) is 0 Å². The van der Waals surface area contributed by atoms with Gasteiger partial charge in [0, 0.05) is 24.3 Å². The van der Waals surface area contributed by atoms with Gasteiger partial charge < -0.3 is 5.32 Å². The van der Waals surface area contributed by atoms with Crippen LogP contribution in [0, 0.1) is 0 Å². The third-order valence-electron chi connectivity index (χ3n) is 3.62. The Morgan fingerprint density at radius 3 is 2.65 bits per heavy atom. The lowest BCUT2D eigenvalue weighted by Crippen LogP contribution is -2.10. The average molecular weight is 293 g/mol. The Bertz CT molecular complexity index is 403. The van der Waals surface area contributed by atoms with Gasteiger partial charge in [-0.05, 0) is 25.7 Å². The van der Waals surface area contributed by atoms with Gasteiger partial charge in [-0.1, -0.05) is 33.1 Å². The second kappa shape index (κ2) is 8.50. The standard InChI is InChI=1S/C16H27N3S/c1-3-8-14-18-15(17-11-4-2)12-16(19-14)20-13-9-6-5-7-10-13/h12-13H,3-11H2,1-2H3,(H,17,18,19). The van der Waals surface area contributed by atoms with Gasteiger partial charge >= 0.3 is 0 Å². The smallest absolute Gasteiger partial charge is 0.132 e. The molecule has 1 saturated carbocycles. The van der Waals surface area contributed by atoms with Crippen LogP contribution in [0.3, 0.4) is 0 Å². The summed E-state index contributed by atoms with van der Waals surface area (Å²) in [6.45, 7) is 5.35. The van der Waals surface area contributed by atoms with E-state index in [0.717, 1.165) is 47.7 Å². The largest absolute Gasteiger partial charge is 0.370 e. The van der Waals surface area contributed by atoms with Gasteiger partial charge in [0.2, 0.25) is 0 Å². The van der Waals surface area contributed by atoms with Crippen LogP contribution in [0.4, 0.5) is 5.82 Å². The fourth-order valence-corrected chi connectivity index (χ4v) is 3.81. The molecule has 1 aromatic heterocycles. The molecule has 1 aromatic rings. The molecule has 0 amide bonds. The second-order valence-corrected chi connectivity index (χ2v) is 6.88. The molecule has 0 radical (unpaired) electrons. The minimum atomic E-state index is 0.757. The highest BCUT2D eigenvalue weighted by atomic mass is 32.2. The second-order valence-electron chi connectivity index (χ2n) is 5.56. The molecule has 0 saturated heterocycles. The minimum Gasteiger partial charge on any atom is -0.370 e. The Morgan fingerprint density at radius 1 is 1.15 bits per heavy atom. The van der Waals surface area contributed by atoms with Crippen molar-refractivity contribution < 1.29 is 0 Å². The highest BCUT2D eigenvalue weighted by Gasteiger charge is 2.16. The van der Waals surface area contributed by atoms with Crippen LogP contribution in [-0.4, -0.2) is 21.8 Å². The monoisotopic (exact) mass is 293 g/mol. The van der Waals surface area contributed by atoms with E-state index in [1.165, 1.54) is 32.1 Å². The van der Waals surface area contributed by atoms with E-state index in [4.69, 9.17) is 4.98 Å². The van der Waals surface area contributed by atoms with Gasteiger partial charge in [0.25, 0.3) is 0 Å². The van der Waals surface area contributed by atoms with Gasteiger partial charge in [0.1, 0.15) is 16.7 Å². The molecule has 0 bridgehead atoms. The lowest BCUT2D eigenvalue weighted by molar-refractivity contribution is 0.515. The molecule has 1 aliphatic carbocycles. The Balaban J connectivity index is 2.06. The number of nitrogens with one attached hydrogen (secondary N) is 1. The zero-order valence-corrected chi connectivity index (χ0v) is 13.6. The van der Waals surface area contributed by atoms with Crippen LogP contribution in [0.1, 0.15) is 64.6 Å². The SMILES string of the molecule is CCCNc1cc(SC2CCCCC2)nc(CCC)n1. The number of thioether (sulfide) groups is 1. The molecule has 0 unspecified atom stereocenters. The van der Waals surface area contributed by atoms with E-state index in [1.807, 2.05) is 11.8 Å². The van der Waals surface area contributed by atoms with Crippen LogP contribution in [0.2, 0.25) is 0 Å². The molecule has 1 N–H and O–H groups in total. The molecule has 0 aliphatic heterocycles. The highest BCUT2D eigenvalue weighted by molar-refractivity contribution is 7.99. The summed E-state index contributed by atoms with van der Waals surface area (Å²) < 4.78 is 0. The van der Waals surface area contributed by atoms with Crippen molar-refractivity contribution in [2.24, 2.45) is 0 Å². The minimum absolute atomic E-state index is 0.757. The molecule has 0 atom stereocenters. The highest BCUT2D eigenvalue weighted by Crippen LogP contribution is 2.33. The van der Waals surface area contributed by atoms with Gasteiger partial charge in [-0.3, -0.25) is 0 Å². The van der Waals surface area contributed by atoms with E-state index >= 15 is 0 Å². The molecule has 3 nitrogen and oxygen atoms in total. The number of aryl methyl sites for hydroxylation is 1. The summed E-state index contributed by atoms with van der Waals surface area (Å²) >= 11 is 1.96. The molecule has 0 spiro atoms. The first-order valence-electron chi connectivity index (χ1n) is 8.10. The maximum Gasteiger partial charge on any atom is 0.132 e. The third-order valence-corrected chi connectivity index (χ3v) is 4.87. The van der Waals surface area contributed by atoms with Crippen molar-refractivity contribution in [3.8, 4) is 0 Å². The van der Waals surface area contributed by atoms with E-state index in [0.29, 0.717) is 0 Å². The van der Waals surface area contributed by atoms with Crippen LogP contribution in [0.5, 0.6) is 0 Å². The Kier molecular flexibility index (Phi) is 6.64. The normalized spacial score (nSPS) is 16.3. The van der Waals surface area contributed by atoms with Crippen molar-refractivity contribution in [3.05, 3.63) is 11.9 Å². The van der Waals surface area contributed by atoms with E-state index in [2.05, 4.69) is 30.2 Å². The van der Waals surface area contributed by atoms with Gasteiger partial charge in [-0.2, -0.15) is 0 Å². The van der Waals surface area contributed by atoms with E-state index in [1.54, 1.807) is 0 Å². The third kappa shape index (κ3) is 4.97. The van der Waals surface area contributed by atoms with Gasteiger partial charge in [-0.25, -0.2) is 9.97 Å². The van der Waals surface area contributed by atoms with Crippen LogP contribution in [-0.2, 0) is 6.42 Å². The molecule has 4 heteroatoms. The Hall–Kier alpha value is -0.770. The number of hydrogen-bond acceptors (Lipinski definition) is 4. The molecule has 112 valence electrons. The Labute approximate surface area is 127 Å². The molecular formula is C16H27N3S. The lowest BCUT2D eigenvalue weighted by Gasteiger charge is -2.20. The van der Waals surface area contributed by atoms with Crippen LogP contribution in [0.15, 0.2) is 11.1 Å². The average Bonchev–Trinajstić information content (AvgIpc) is 2.46. The fourth-order valence-electron chi connectivity index (χ4n) is 2.57. The molecule has 1 aliphatic rings. The summed E-state index contributed by atoms with van der Waals surface area (Å²) in [5, 5.41) is 5.32. The first-order chi connectivity index (χ1) is 9.81. The quantitative estimate of drug-likeness (QED) is 0.741. The zero-order chi connectivity index (χ0) is 14.2. The lowest BCUT2D eigenvalue weighted by atomic mass is 10.0. The van der Waals surface area contributed by atoms with Crippen molar-refractivity contribution in [1.82, 2.24) is 9.97 Å².